The predicted molar refractivity (Wildman–Crippen MR) is 84.6 cm³/mol. The van der Waals surface area contributed by atoms with Gasteiger partial charge in [-0.05, 0) is 30.7 Å². The molecule has 2 N–H and O–H groups in total. The number of carbonyl (C=O) groups is 2. The van der Waals surface area contributed by atoms with Crippen molar-refractivity contribution in [1.29, 1.82) is 0 Å². The molecule has 1 amide bonds. The molecule has 1 aliphatic heterocycles. The molecule has 1 aromatic carbocycles. The Morgan fingerprint density at radius 2 is 1.91 bits per heavy atom. The number of benzene rings is 1. The Hall–Kier alpha value is -2.08. The highest BCUT2D eigenvalue weighted by molar-refractivity contribution is 5.87. The molecule has 2 atom stereocenters. The maximum atomic E-state index is 12.2. The number of hydrogen-bond acceptors (Lipinski definition) is 4. The van der Waals surface area contributed by atoms with Crippen LogP contribution in [0, 0.1) is 5.41 Å². The first-order valence-corrected chi connectivity index (χ1v) is 7.66. The van der Waals surface area contributed by atoms with Crippen molar-refractivity contribution in [3.8, 4) is 5.75 Å². The van der Waals surface area contributed by atoms with E-state index in [4.69, 9.17) is 14.6 Å². The molecule has 0 aromatic heterocycles. The lowest BCUT2D eigenvalue weighted by atomic mass is 9.94. The number of hydrogen-bond donors (Lipinski definition) is 2. The van der Waals surface area contributed by atoms with E-state index in [1.165, 1.54) is 12.1 Å². The van der Waals surface area contributed by atoms with Gasteiger partial charge in [0.25, 0.3) is 0 Å². The Morgan fingerprint density at radius 1 is 1.26 bits per heavy atom. The van der Waals surface area contributed by atoms with Gasteiger partial charge in [0, 0.05) is 12.0 Å². The maximum absolute atomic E-state index is 12.2. The van der Waals surface area contributed by atoms with Gasteiger partial charge in [0.15, 0.2) is 0 Å². The molecule has 0 aliphatic carbocycles. The SMILES string of the molecule is CC(C)(C)C(=O)N[C@@H]1CCOC[C@H]1Oc1ccc(C(=O)O)cc1. The van der Waals surface area contributed by atoms with Crippen LogP contribution in [0.3, 0.4) is 0 Å². The van der Waals surface area contributed by atoms with Crippen molar-refractivity contribution < 1.29 is 24.2 Å². The number of amides is 1. The van der Waals surface area contributed by atoms with E-state index < -0.39 is 11.4 Å². The predicted octanol–water partition coefficient (Wildman–Crippen LogP) is 2.08. The molecule has 2 rings (SSSR count). The number of aromatic carboxylic acids is 1. The molecule has 0 bridgehead atoms. The van der Waals surface area contributed by atoms with Crippen molar-refractivity contribution in [1.82, 2.24) is 5.32 Å². The molecule has 23 heavy (non-hydrogen) atoms. The number of carboxylic acid groups (broad SMARTS) is 1. The molecule has 0 unspecified atom stereocenters. The van der Waals surface area contributed by atoms with Gasteiger partial charge >= 0.3 is 5.97 Å². The third-order valence-electron chi connectivity index (χ3n) is 3.69. The van der Waals surface area contributed by atoms with Gasteiger partial charge in [-0.2, -0.15) is 0 Å². The van der Waals surface area contributed by atoms with E-state index in [1.807, 2.05) is 20.8 Å². The average molecular weight is 321 g/mol. The lowest BCUT2D eigenvalue weighted by Crippen LogP contribution is -2.53. The van der Waals surface area contributed by atoms with Gasteiger partial charge in [-0.25, -0.2) is 4.79 Å². The van der Waals surface area contributed by atoms with Gasteiger partial charge in [-0.15, -0.1) is 0 Å². The number of nitrogens with one attached hydrogen (secondary N) is 1. The minimum atomic E-state index is -0.979. The first-order chi connectivity index (χ1) is 10.8. The van der Waals surface area contributed by atoms with Gasteiger partial charge < -0.3 is 19.9 Å². The molecule has 1 aromatic rings. The minimum Gasteiger partial charge on any atom is -0.486 e. The normalized spacial score (nSPS) is 21.5. The van der Waals surface area contributed by atoms with Crippen molar-refractivity contribution in [3.63, 3.8) is 0 Å². The smallest absolute Gasteiger partial charge is 0.335 e. The van der Waals surface area contributed by atoms with Crippen LogP contribution in [0.25, 0.3) is 0 Å². The van der Waals surface area contributed by atoms with E-state index >= 15 is 0 Å². The zero-order chi connectivity index (χ0) is 17.0. The van der Waals surface area contributed by atoms with E-state index in [1.54, 1.807) is 12.1 Å². The minimum absolute atomic E-state index is 0.0285. The summed E-state index contributed by atoms with van der Waals surface area (Å²) in [5, 5.41) is 11.9. The first-order valence-electron chi connectivity index (χ1n) is 7.66. The largest absolute Gasteiger partial charge is 0.486 e. The molecule has 1 fully saturated rings. The van der Waals surface area contributed by atoms with Crippen LogP contribution in [0.4, 0.5) is 0 Å². The van der Waals surface area contributed by atoms with E-state index in [0.29, 0.717) is 25.4 Å². The number of ether oxygens (including phenoxy) is 2. The van der Waals surface area contributed by atoms with Crippen LogP contribution in [0.5, 0.6) is 5.75 Å². The van der Waals surface area contributed by atoms with E-state index in [-0.39, 0.29) is 23.6 Å². The van der Waals surface area contributed by atoms with Gasteiger partial charge in [0.1, 0.15) is 11.9 Å². The highest BCUT2D eigenvalue weighted by Crippen LogP contribution is 2.20. The summed E-state index contributed by atoms with van der Waals surface area (Å²) in [6, 6.07) is 6.07. The monoisotopic (exact) mass is 321 g/mol. The van der Waals surface area contributed by atoms with Crippen molar-refractivity contribution in [2.24, 2.45) is 5.41 Å². The van der Waals surface area contributed by atoms with Gasteiger partial charge in [0.05, 0.1) is 18.2 Å². The Kier molecular flexibility index (Phi) is 5.26. The number of carbonyl (C=O) groups excluding carboxylic acids is 1. The van der Waals surface area contributed by atoms with Gasteiger partial charge in [-0.1, -0.05) is 20.8 Å². The summed E-state index contributed by atoms with van der Waals surface area (Å²) >= 11 is 0. The second-order valence-corrected chi connectivity index (χ2v) is 6.68. The van der Waals surface area contributed by atoms with E-state index in [0.717, 1.165) is 0 Å². The summed E-state index contributed by atoms with van der Waals surface area (Å²) in [6.07, 6.45) is 0.380. The van der Waals surface area contributed by atoms with Crippen LogP contribution in [-0.4, -0.2) is 42.3 Å². The Morgan fingerprint density at radius 3 is 2.48 bits per heavy atom. The summed E-state index contributed by atoms with van der Waals surface area (Å²) < 4.78 is 11.3. The molecule has 6 heteroatoms. The van der Waals surface area contributed by atoms with Crippen molar-refractivity contribution in [2.75, 3.05) is 13.2 Å². The van der Waals surface area contributed by atoms with Crippen molar-refractivity contribution in [2.45, 2.75) is 39.3 Å². The molecular weight excluding hydrogens is 298 g/mol. The lowest BCUT2D eigenvalue weighted by molar-refractivity contribution is -0.131. The van der Waals surface area contributed by atoms with Crippen LogP contribution in [0.2, 0.25) is 0 Å². The fourth-order valence-corrected chi connectivity index (χ4v) is 2.23. The standard InChI is InChI=1S/C17H23NO5/c1-17(2,3)16(21)18-13-8-9-22-10-14(13)23-12-6-4-11(5-7-12)15(19)20/h4-7,13-14H,8-10H2,1-3H3,(H,18,21)(H,19,20)/t13-,14-/m1/s1. The van der Waals surface area contributed by atoms with Crippen LogP contribution in [0.15, 0.2) is 24.3 Å². The van der Waals surface area contributed by atoms with Crippen LogP contribution >= 0.6 is 0 Å². The summed E-state index contributed by atoms with van der Waals surface area (Å²) in [4.78, 5) is 23.0. The van der Waals surface area contributed by atoms with Crippen LogP contribution in [-0.2, 0) is 9.53 Å². The molecule has 0 radical (unpaired) electrons. The van der Waals surface area contributed by atoms with Crippen molar-refractivity contribution >= 4 is 11.9 Å². The summed E-state index contributed by atoms with van der Waals surface area (Å²) in [7, 11) is 0. The lowest BCUT2D eigenvalue weighted by Gasteiger charge is -2.34. The van der Waals surface area contributed by atoms with E-state index in [2.05, 4.69) is 5.32 Å². The van der Waals surface area contributed by atoms with Gasteiger partial charge in [-0.3, -0.25) is 4.79 Å². The summed E-state index contributed by atoms with van der Waals surface area (Å²) in [6.45, 7) is 6.55. The molecule has 1 saturated heterocycles. The zero-order valence-corrected chi connectivity index (χ0v) is 13.7. The quantitative estimate of drug-likeness (QED) is 0.887. The van der Waals surface area contributed by atoms with E-state index in [9.17, 15) is 9.59 Å². The fraction of sp³-hybridized carbons (Fsp3) is 0.529. The molecule has 1 heterocycles. The molecule has 0 saturated carbocycles. The highest BCUT2D eigenvalue weighted by atomic mass is 16.5. The fourth-order valence-electron chi connectivity index (χ4n) is 2.23. The number of carboxylic acids is 1. The average Bonchev–Trinajstić information content (AvgIpc) is 2.48. The summed E-state index contributed by atoms with van der Waals surface area (Å²) in [5.74, 6) is -0.451. The third-order valence-corrected chi connectivity index (χ3v) is 3.69. The second-order valence-electron chi connectivity index (χ2n) is 6.68. The highest BCUT2D eigenvalue weighted by Gasteiger charge is 2.32. The Labute approximate surface area is 135 Å². The molecular formula is C17H23NO5. The Balaban J connectivity index is 2.03. The molecule has 1 aliphatic rings. The number of rotatable bonds is 4. The topological polar surface area (TPSA) is 84.9 Å². The molecule has 126 valence electrons. The first kappa shape index (κ1) is 17.3. The zero-order valence-electron chi connectivity index (χ0n) is 13.7. The second kappa shape index (κ2) is 7.00. The Bertz CT molecular complexity index is 561. The van der Waals surface area contributed by atoms with Crippen molar-refractivity contribution in [3.05, 3.63) is 29.8 Å². The summed E-state index contributed by atoms with van der Waals surface area (Å²) in [5.41, 5.74) is -0.263. The maximum Gasteiger partial charge on any atom is 0.335 e. The molecule has 0 spiro atoms. The molecule has 6 nitrogen and oxygen atoms in total. The van der Waals surface area contributed by atoms with Gasteiger partial charge in [0.2, 0.25) is 5.91 Å². The van der Waals surface area contributed by atoms with Crippen LogP contribution in [0.1, 0.15) is 37.6 Å². The third kappa shape index (κ3) is 4.69. The van der Waals surface area contributed by atoms with Crippen LogP contribution < -0.4 is 10.1 Å².